The molecule has 154 valence electrons. The molecule has 3 aromatic rings. The van der Waals surface area contributed by atoms with Crippen LogP contribution in [0.2, 0.25) is 0 Å². The molecule has 0 radical (unpaired) electrons. The maximum Gasteiger partial charge on any atom is 0.267 e. The lowest BCUT2D eigenvalue weighted by Crippen LogP contribution is -2.23. The van der Waals surface area contributed by atoms with Crippen LogP contribution in [0, 0.1) is 0 Å². The fourth-order valence-corrected chi connectivity index (χ4v) is 3.94. The molecule has 2 N–H and O–H groups in total. The van der Waals surface area contributed by atoms with Gasteiger partial charge in [0.2, 0.25) is 0 Å². The highest BCUT2D eigenvalue weighted by atomic mass is 16.1. The van der Waals surface area contributed by atoms with Crippen molar-refractivity contribution in [1.29, 1.82) is 0 Å². The van der Waals surface area contributed by atoms with Gasteiger partial charge in [-0.15, -0.1) is 0 Å². The number of carbonyl (C=O) groups is 1. The van der Waals surface area contributed by atoms with Crippen molar-refractivity contribution in [1.82, 2.24) is 10.2 Å². The van der Waals surface area contributed by atoms with Crippen molar-refractivity contribution in [3.8, 4) is 0 Å². The zero-order valence-electron chi connectivity index (χ0n) is 17.4. The second-order valence-corrected chi connectivity index (χ2v) is 7.94. The first kappa shape index (κ1) is 19.9. The Morgan fingerprint density at radius 2 is 1.80 bits per heavy atom. The zero-order chi connectivity index (χ0) is 21.1. The molecule has 0 aliphatic heterocycles. The summed E-state index contributed by atoms with van der Waals surface area (Å²) < 4.78 is 0. The lowest BCUT2D eigenvalue weighted by atomic mass is 9.90. The Bertz CT molecular complexity index is 1120. The molecule has 0 atom stereocenters. The van der Waals surface area contributed by atoms with E-state index in [1.165, 1.54) is 0 Å². The molecule has 0 saturated carbocycles. The average molecular weight is 402 g/mol. The van der Waals surface area contributed by atoms with E-state index in [2.05, 4.69) is 15.5 Å². The molecule has 0 fully saturated rings. The first-order valence-electron chi connectivity index (χ1n) is 10.3. The summed E-state index contributed by atoms with van der Waals surface area (Å²) in [5, 5.41) is 9.90. The van der Waals surface area contributed by atoms with E-state index < -0.39 is 0 Å². The minimum Gasteiger partial charge on any atom is -0.378 e. The molecule has 2 aromatic carbocycles. The van der Waals surface area contributed by atoms with Gasteiger partial charge in [-0.2, -0.15) is 5.10 Å². The number of nitrogens with one attached hydrogen (secondary N) is 2. The van der Waals surface area contributed by atoms with E-state index in [9.17, 15) is 9.59 Å². The fourth-order valence-electron chi connectivity index (χ4n) is 3.94. The Morgan fingerprint density at radius 3 is 2.53 bits per heavy atom. The smallest absolute Gasteiger partial charge is 0.267 e. The van der Waals surface area contributed by atoms with Crippen LogP contribution in [0.25, 0.3) is 0 Å². The van der Waals surface area contributed by atoms with E-state index in [0.29, 0.717) is 12.0 Å². The fraction of sp³-hybridized carbons (Fsp3) is 0.292. The minimum atomic E-state index is -0.147. The van der Waals surface area contributed by atoms with Crippen LogP contribution in [-0.4, -0.2) is 30.2 Å². The molecule has 0 bridgehead atoms. The second kappa shape index (κ2) is 8.53. The number of amides is 1. The summed E-state index contributed by atoms with van der Waals surface area (Å²) in [6.07, 6.45) is 4.43. The number of aromatic nitrogens is 2. The van der Waals surface area contributed by atoms with Gasteiger partial charge in [-0.25, -0.2) is 5.10 Å². The van der Waals surface area contributed by atoms with Gasteiger partial charge < -0.3 is 10.2 Å². The minimum absolute atomic E-state index is 0.0677. The van der Waals surface area contributed by atoms with Crippen LogP contribution >= 0.6 is 0 Å². The summed E-state index contributed by atoms with van der Waals surface area (Å²) >= 11 is 0. The van der Waals surface area contributed by atoms with Crippen molar-refractivity contribution in [2.75, 3.05) is 24.3 Å². The van der Waals surface area contributed by atoms with E-state index in [4.69, 9.17) is 0 Å². The number of hydrogen-bond donors (Lipinski definition) is 2. The van der Waals surface area contributed by atoms with Gasteiger partial charge in [-0.05, 0) is 73.2 Å². The standard InChI is InChI=1S/C24H26N4O2/c1-28(2)19-12-10-18(11-13-19)25-23(29)17-7-5-6-16(14-17)15-22-20-8-3-4-9-21(20)24(30)27-26-22/h5-7,10-14H,3-4,8-9,15H2,1-2H3,(H,25,29)(H,27,30). The van der Waals surface area contributed by atoms with E-state index in [0.717, 1.165) is 59.4 Å². The largest absolute Gasteiger partial charge is 0.378 e. The molecular formula is C24H26N4O2. The molecule has 30 heavy (non-hydrogen) atoms. The number of H-pyrrole nitrogens is 1. The van der Waals surface area contributed by atoms with Crippen molar-refractivity contribution in [3.05, 3.63) is 86.8 Å². The topological polar surface area (TPSA) is 78.1 Å². The normalized spacial score (nSPS) is 12.9. The van der Waals surface area contributed by atoms with E-state index in [1.807, 2.05) is 67.5 Å². The molecule has 6 nitrogen and oxygen atoms in total. The van der Waals surface area contributed by atoms with Gasteiger partial charge in [-0.3, -0.25) is 9.59 Å². The Balaban J connectivity index is 1.52. The number of carbonyl (C=O) groups excluding carboxylic acids is 1. The molecule has 0 spiro atoms. The molecule has 0 saturated heterocycles. The third-order valence-corrected chi connectivity index (χ3v) is 5.58. The molecule has 1 heterocycles. The van der Waals surface area contributed by atoms with Crippen LogP contribution in [-0.2, 0) is 19.3 Å². The van der Waals surface area contributed by atoms with Gasteiger partial charge in [-0.1, -0.05) is 12.1 Å². The van der Waals surface area contributed by atoms with Crippen molar-refractivity contribution in [3.63, 3.8) is 0 Å². The maximum absolute atomic E-state index is 12.7. The number of fused-ring (bicyclic) bond motifs is 1. The van der Waals surface area contributed by atoms with Gasteiger partial charge in [0.25, 0.3) is 11.5 Å². The molecule has 1 aliphatic carbocycles. The van der Waals surface area contributed by atoms with Gasteiger partial charge in [0, 0.05) is 43.0 Å². The van der Waals surface area contributed by atoms with Crippen LogP contribution < -0.4 is 15.8 Å². The molecule has 1 aliphatic rings. The van der Waals surface area contributed by atoms with Crippen molar-refractivity contribution >= 4 is 17.3 Å². The van der Waals surface area contributed by atoms with E-state index in [1.54, 1.807) is 0 Å². The lowest BCUT2D eigenvalue weighted by molar-refractivity contribution is 0.102. The van der Waals surface area contributed by atoms with E-state index >= 15 is 0 Å². The number of rotatable bonds is 5. The van der Waals surface area contributed by atoms with Crippen LogP contribution in [0.5, 0.6) is 0 Å². The third kappa shape index (κ3) is 4.27. The highest BCUT2D eigenvalue weighted by molar-refractivity contribution is 6.04. The molecule has 1 aromatic heterocycles. The monoisotopic (exact) mass is 402 g/mol. The summed E-state index contributed by atoms with van der Waals surface area (Å²) in [4.78, 5) is 26.8. The molecule has 6 heteroatoms. The van der Waals surface area contributed by atoms with Gasteiger partial charge in [0.05, 0.1) is 5.69 Å². The van der Waals surface area contributed by atoms with Gasteiger partial charge in [0.15, 0.2) is 0 Å². The van der Waals surface area contributed by atoms with Gasteiger partial charge in [0.1, 0.15) is 0 Å². The Kier molecular flexibility index (Phi) is 5.65. The summed E-state index contributed by atoms with van der Waals surface area (Å²) in [7, 11) is 3.96. The molecule has 0 unspecified atom stereocenters. The van der Waals surface area contributed by atoms with E-state index in [-0.39, 0.29) is 11.5 Å². The van der Waals surface area contributed by atoms with Crippen LogP contribution in [0.4, 0.5) is 11.4 Å². The van der Waals surface area contributed by atoms with Crippen LogP contribution in [0.1, 0.15) is 45.6 Å². The Hall–Kier alpha value is -3.41. The molecule has 4 rings (SSSR count). The van der Waals surface area contributed by atoms with Crippen LogP contribution in [0.15, 0.2) is 53.3 Å². The van der Waals surface area contributed by atoms with Crippen molar-refractivity contribution < 1.29 is 4.79 Å². The maximum atomic E-state index is 12.7. The quantitative estimate of drug-likeness (QED) is 0.684. The summed E-state index contributed by atoms with van der Waals surface area (Å²) in [5.74, 6) is -0.147. The van der Waals surface area contributed by atoms with Crippen molar-refractivity contribution in [2.24, 2.45) is 0 Å². The first-order valence-corrected chi connectivity index (χ1v) is 10.3. The summed E-state index contributed by atoms with van der Waals surface area (Å²) in [6, 6.07) is 15.3. The number of benzene rings is 2. The predicted octanol–water partition coefficient (Wildman–Crippen LogP) is 3.56. The number of nitrogens with zero attached hydrogens (tertiary/aromatic N) is 2. The Morgan fingerprint density at radius 1 is 1.07 bits per heavy atom. The summed E-state index contributed by atoms with van der Waals surface area (Å²) in [5.41, 5.74) is 6.23. The number of aromatic amines is 1. The highest BCUT2D eigenvalue weighted by Crippen LogP contribution is 2.22. The summed E-state index contributed by atoms with van der Waals surface area (Å²) in [6.45, 7) is 0. The first-order chi connectivity index (χ1) is 14.5. The third-order valence-electron chi connectivity index (χ3n) is 5.58. The molecular weight excluding hydrogens is 376 g/mol. The Labute approximate surface area is 175 Å². The highest BCUT2D eigenvalue weighted by Gasteiger charge is 2.18. The van der Waals surface area contributed by atoms with Crippen molar-refractivity contribution in [2.45, 2.75) is 32.1 Å². The number of hydrogen-bond acceptors (Lipinski definition) is 4. The molecule has 1 amide bonds. The second-order valence-electron chi connectivity index (χ2n) is 7.94. The number of anilines is 2. The van der Waals surface area contributed by atoms with Gasteiger partial charge >= 0.3 is 0 Å². The lowest BCUT2D eigenvalue weighted by Gasteiger charge is -2.17. The SMILES string of the molecule is CN(C)c1ccc(NC(=O)c2cccc(Cc3n[nH]c(=O)c4c3CCCC4)c2)cc1. The zero-order valence-corrected chi connectivity index (χ0v) is 17.4. The average Bonchev–Trinajstić information content (AvgIpc) is 2.76. The van der Waals surface area contributed by atoms with Crippen LogP contribution in [0.3, 0.4) is 0 Å². The predicted molar refractivity (Wildman–Crippen MR) is 119 cm³/mol.